The van der Waals surface area contributed by atoms with Crippen LogP contribution in [0.4, 0.5) is 4.39 Å². The number of carboxylic acids is 1. The van der Waals surface area contributed by atoms with E-state index in [-0.39, 0.29) is 36.7 Å². The van der Waals surface area contributed by atoms with Gasteiger partial charge >= 0.3 is 5.97 Å². The molecule has 1 saturated heterocycles. The zero-order valence-electron chi connectivity index (χ0n) is 14.0. The van der Waals surface area contributed by atoms with E-state index in [2.05, 4.69) is 5.32 Å². The first-order chi connectivity index (χ1) is 11.5. The number of hydrogen-bond acceptors (Lipinski definition) is 3. The fraction of sp³-hybridized carbons (Fsp3) is 0.556. The zero-order chi connectivity index (χ0) is 17.1. The fourth-order valence-corrected chi connectivity index (χ4v) is 4.05. The van der Waals surface area contributed by atoms with E-state index in [0.29, 0.717) is 18.9 Å². The van der Waals surface area contributed by atoms with Crippen molar-refractivity contribution in [2.45, 2.75) is 50.7 Å². The number of likely N-dealkylation sites (tertiary alicyclic amines) is 1. The second-order valence-corrected chi connectivity index (χ2v) is 6.78. The lowest BCUT2D eigenvalue weighted by Gasteiger charge is -2.32. The van der Waals surface area contributed by atoms with Crippen LogP contribution in [0.25, 0.3) is 0 Å². The molecule has 138 valence electrons. The summed E-state index contributed by atoms with van der Waals surface area (Å²) in [7, 11) is 0. The first kappa shape index (κ1) is 19.7. The highest BCUT2D eigenvalue weighted by molar-refractivity contribution is 5.85. The van der Waals surface area contributed by atoms with Gasteiger partial charge in [0.05, 0.1) is 6.54 Å². The van der Waals surface area contributed by atoms with Crippen LogP contribution >= 0.6 is 12.4 Å². The molecule has 2 fully saturated rings. The van der Waals surface area contributed by atoms with Crippen LogP contribution in [-0.4, -0.2) is 40.5 Å². The first-order valence-corrected chi connectivity index (χ1v) is 8.54. The average molecular weight is 371 g/mol. The summed E-state index contributed by atoms with van der Waals surface area (Å²) in [6.45, 7) is 0.429. The Hall–Kier alpha value is -1.66. The minimum atomic E-state index is -0.837. The monoisotopic (exact) mass is 370 g/mol. The molecule has 0 radical (unpaired) electrons. The van der Waals surface area contributed by atoms with Gasteiger partial charge in [0.1, 0.15) is 11.9 Å². The number of carbonyl (C=O) groups excluding carboxylic acids is 1. The van der Waals surface area contributed by atoms with E-state index in [4.69, 9.17) is 0 Å². The lowest BCUT2D eigenvalue weighted by molar-refractivity contribution is -0.143. The molecular weight excluding hydrogens is 347 g/mol. The van der Waals surface area contributed by atoms with Crippen molar-refractivity contribution < 1.29 is 19.1 Å². The largest absolute Gasteiger partial charge is 0.480 e. The summed E-state index contributed by atoms with van der Waals surface area (Å²) < 4.78 is 12.9. The molecule has 1 aromatic carbocycles. The van der Waals surface area contributed by atoms with Gasteiger partial charge in [-0.25, -0.2) is 4.39 Å². The van der Waals surface area contributed by atoms with Crippen molar-refractivity contribution in [2.75, 3.05) is 6.54 Å². The first-order valence-electron chi connectivity index (χ1n) is 8.54. The second-order valence-electron chi connectivity index (χ2n) is 6.78. The van der Waals surface area contributed by atoms with Gasteiger partial charge < -0.3 is 10.4 Å². The van der Waals surface area contributed by atoms with Crippen LogP contribution in [0.15, 0.2) is 24.3 Å². The molecule has 5 nitrogen and oxygen atoms in total. The minimum Gasteiger partial charge on any atom is -0.480 e. The van der Waals surface area contributed by atoms with Gasteiger partial charge in [-0.05, 0) is 42.9 Å². The Balaban J connectivity index is 0.00000225. The molecule has 25 heavy (non-hydrogen) atoms. The van der Waals surface area contributed by atoms with Gasteiger partial charge in [0, 0.05) is 12.6 Å². The lowest BCUT2D eigenvalue weighted by atomic mass is 9.85. The van der Waals surface area contributed by atoms with Crippen LogP contribution in [0, 0.1) is 11.7 Å². The van der Waals surface area contributed by atoms with Gasteiger partial charge in [-0.3, -0.25) is 14.5 Å². The van der Waals surface area contributed by atoms with Crippen molar-refractivity contribution in [3.8, 4) is 0 Å². The number of fused-ring (bicyclic) bond motifs is 1. The molecular formula is C18H24ClFN2O3. The standard InChI is InChI=1S/C18H23FN2O3.ClH/c19-14-7-5-12(6-8-14)10-20-17(22)11-21-15-4-2-1-3-13(15)9-16(21)18(23)24;/h5-8,13,15-16H,1-4,9-11H2,(H,20,22)(H,23,24);1H. The summed E-state index contributed by atoms with van der Waals surface area (Å²) in [5.74, 6) is -0.938. The fourth-order valence-electron chi connectivity index (χ4n) is 4.05. The Bertz CT molecular complexity index is 611. The smallest absolute Gasteiger partial charge is 0.320 e. The van der Waals surface area contributed by atoms with E-state index < -0.39 is 12.0 Å². The van der Waals surface area contributed by atoms with E-state index in [1.54, 1.807) is 12.1 Å². The quantitative estimate of drug-likeness (QED) is 0.835. The second kappa shape index (κ2) is 8.63. The molecule has 0 spiro atoms. The van der Waals surface area contributed by atoms with Crippen molar-refractivity contribution in [3.63, 3.8) is 0 Å². The molecule has 1 saturated carbocycles. The van der Waals surface area contributed by atoms with Crippen LogP contribution in [0.5, 0.6) is 0 Å². The van der Waals surface area contributed by atoms with Gasteiger partial charge in [0.2, 0.25) is 5.91 Å². The maximum atomic E-state index is 12.9. The third-order valence-electron chi connectivity index (χ3n) is 5.24. The number of benzene rings is 1. The number of hydrogen-bond donors (Lipinski definition) is 2. The summed E-state index contributed by atoms with van der Waals surface area (Å²) in [4.78, 5) is 25.7. The molecule has 3 unspecified atom stereocenters. The number of halogens is 2. The Morgan fingerprint density at radius 1 is 1.20 bits per heavy atom. The number of rotatable bonds is 5. The van der Waals surface area contributed by atoms with Crippen molar-refractivity contribution in [3.05, 3.63) is 35.6 Å². The van der Waals surface area contributed by atoms with Crippen LogP contribution in [0.2, 0.25) is 0 Å². The highest BCUT2D eigenvalue weighted by Gasteiger charge is 2.45. The van der Waals surface area contributed by atoms with E-state index in [1.165, 1.54) is 12.1 Å². The van der Waals surface area contributed by atoms with Crippen LogP contribution in [0.3, 0.4) is 0 Å². The van der Waals surface area contributed by atoms with Crippen molar-refractivity contribution in [2.24, 2.45) is 5.92 Å². The Morgan fingerprint density at radius 2 is 1.88 bits per heavy atom. The molecule has 1 aliphatic carbocycles. The SMILES string of the molecule is Cl.O=C(CN1C(C(=O)O)CC2CCCCC21)NCc1ccc(F)cc1. The topological polar surface area (TPSA) is 69.6 Å². The number of nitrogens with one attached hydrogen (secondary N) is 1. The predicted molar refractivity (Wildman–Crippen MR) is 94.0 cm³/mol. The Kier molecular flexibility index (Phi) is 6.79. The number of carbonyl (C=O) groups is 2. The molecule has 1 aliphatic heterocycles. The normalized spacial score (nSPS) is 25.7. The molecule has 7 heteroatoms. The van der Waals surface area contributed by atoms with Gasteiger partial charge in [-0.15, -0.1) is 12.4 Å². The number of amides is 1. The van der Waals surface area contributed by atoms with E-state index in [9.17, 15) is 19.1 Å². The summed E-state index contributed by atoms with van der Waals surface area (Å²) in [5, 5.41) is 12.3. The van der Waals surface area contributed by atoms with Crippen molar-refractivity contribution in [1.82, 2.24) is 10.2 Å². The van der Waals surface area contributed by atoms with Crippen LogP contribution in [-0.2, 0) is 16.1 Å². The van der Waals surface area contributed by atoms with E-state index >= 15 is 0 Å². The highest BCUT2D eigenvalue weighted by Crippen LogP contribution is 2.39. The Labute approximate surface area is 153 Å². The molecule has 2 aliphatic rings. The minimum absolute atomic E-state index is 0. The Morgan fingerprint density at radius 3 is 2.56 bits per heavy atom. The summed E-state index contributed by atoms with van der Waals surface area (Å²) >= 11 is 0. The molecule has 0 aromatic heterocycles. The molecule has 1 heterocycles. The molecule has 1 amide bonds. The maximum Gasteiger partial charge on any atom is 0.320 e. The van der Waals surface area contributed by atoms with Gasteiger partial charge in [-0.2, -0.15) is 0 Å². The van der Waals surface area contributed by atoms with Crippen molar-refractivity contribution in [1.29, 1.82) is 0 Å². The summed E-state index contributed by atoms with van der Waals surface area (Å²) in [5.41, 5.74) is 0.816. The van der Waals surface area contributed by atoms with Crippen LogP contribution in [0.1, 0.15) is 37.7 Å². The third-order valence-corrected chi connectivity index (χ3v) is 5.24. The maximum absolute atomic E-state index is 12.9. The number of nitrogens with zero attached hydrogens (tertiary/aromatic N) is 1. The molecule has 2 N–H and O–H groups in total. The van der Waals surface area contributed by atoms with Crippen molar-refractivity contribution >= 4 is 24.3 Å². The number of aliphatic carboxylic acids is 1. The molecule has 0 bridgehead atoms. The van der Waals surface area contributed by atoms with Crippen LogP contribution < -0.4 is 5.32 Å². The molecule has 3 atom stereocenters. The number of carboxylic acid groups (broad SMARTS) is 1. The van der Waals surface area contributed by atoms with E-state index in [1.807, 2.05) is 4.90 Å². The average Bonchev–Trinajstić information content (AvgIpc) is 2.93. The third kappa shape index (κ3) is 4.70. The predicted octanol–water partition coefficient (Wildman–Crippen LogP) is 2.58. The van der Waals surface area contributed by atoms with Gasteiger partial charge in [0.15, 0.2) is 0 Å². The lowest BCUT2D eigenvalue weighted by Crippen LogP contribution is -2.47. The molecule has 1 aromatic rings. The summed E-state index contributed by atoms with van der Waals surface area (Å²) in [6.07, 6.45) is 4.92. The van der Waals surface area contributed by atoms with E-state index in [0.717, 1.165) is 31.2 Å². The zero-order valence-corrected chi connectivity index (χ0v) is 14.8. The van der Waals surface area contributed by atoms with Gasteiger partial charge in [0.25, 0.3) is 0 Å². The molecule has 3 rings (SSSR count). The highest BCUT2D eigenvalue weighted by atomic mass is 35.5. The summed E-state index contributed by atoms with van der Waals surface area (Å²) in [6, 6.07) is 5.61. The van der Waals surface area contributed by atoms with Gasteiger partial charge in [-0.1, -0.05) is 25.0 Å².